The summed E-state index contributed by atoms with van der Waals surface area (Å²) < 4.78 is 20.0. The van der Waals surface area contributed by atoms with Crippen molar-refractivity contribution in [2.24, 2.45) is 4.99 Å². The number of benzene rings is 1. The van der Waals surface area contributed by atoms with E-state index in [-0.39, 0.29) is 22.7 Å². The van der Waals surface area contributed by atoms with E-state index in [0.29, 0.717) is 10.6 Å². The number of halogens is 1. The lowest BCUT2D eigenvalue weighted by Crippen LogP contribution is -2.47. The predicted molar refractivity (Wildman–Crippen MR) is 111 cm³/mol. The number of amidine groups is 1. The van der Waals surface area contributed by atoms with E-state index in [1.165, 1.54) is 23.5 Å². The van der Waals surface area contributed by atoms with Crippen molar-refractivity contribution in [3.8, 4) is 0 Å². The van der Waals surface area contributed by atoms with Crippen LogP contribution >= 0.6 is 11.3 Å². The Hall–Kier alpha value is -3.07. The molecule has 1 N–H and O–H groups in total. The van der Waals surface area contributed by atoms with E-state index in [9.17, 15) is 19.1 Å². The lowest BCUT2D eigenvalue weighted by Gasteiger charge is -2.37. The maximum atomic E-state index is 14.4. The minimum atomic E-state index is -1.25. The van der Waals surface area contributed by atoms with Gasteiger partial charge in [0, 0.05) is 11.6 Å². The smallest absolute Gasteiger partial charge is 0.416 e. The first-order valence-electron chi connectivity index (χ1n) is 9.21. The number of hydrogen-bond donors (Lipinski definition) is 1. The number of carbonyl (C=O) groups is 2. The van der Waals surface area contributed by atoms with E-state index < -0.39 is 29.5 Å². The van der Waals surface area contributed by atoms with Crippen molar-refractivity contribution >= 4 is 29.2 Å². The Balaban J connectivity index is 2.30. The number of carboxylic acids is 1. The van der Waals surface area contributed by atoms with E-state index in [2.05, 4.69) is 9.98 Å². The summed E-state index contributed by atoms with van der Waals surface area (Å²) in [5.74, 6) is -1.59. The first kappa shape index (κ1) is 21.6. The Labute approximate surface area is 177 Å². The van der Waals surface area contributed by atoms with Gasteiger partial charge in [-0.3, -0.25) is 0 Å². The topological polar surface area (TPSA) is 92.1 Å². The van der Waals surface area contributed by atoms with Gasteiger partial charge in [0.2, 0.25) is 0 Å². The fourth-order valence-corrected chi connectivity index (χ4v) is 3.82. The van der Waals surface area contributed by atoms with Crippen LogP contribution in [0, 0.1) is 12.7 Å². The Morgan fingerprint density at radius 1 is 1.27 bits per heavy atom. The molecule has 0 bridgehead atoms. The van der Waals surface area contributed by atoms with Gasteiger partial charge < -0.3 is 9.84 Å². The molecule has 0 aliphatic carbocycles. The monoisotopic (exact) mass is 431 g/mol. The molecule has 1 aliphatic rings. The molecule has 0 saturated carbocycles. The molecule has 1 amide bonds. The highest BCUT2D eigenvalue weighted by Gasteiger charge is 2.43. The van der Waals surface area contributed by atoms with Crippen LogP contribution in [0.25, 0.3) is 0 Å². The highest BCUT2D eigenvalue weighted by Crippen LogP contribution is 2.39. The van der Waals surface area contributed by atoms with Crippen molar-refractivity contribution in [3.63, 3.8) is 0 Å². The number of aromatic nitrogens is 1. The van der Waals surface area contributed by atoms with Crippen LogP contribution in [0.4, 0.5) is 9.18 Å². The lowest BCUT2D eigenvalue weighted by molar-refractivity contribution is -0.133. The summed E-state index contributed by atoms with van der Waals surface area (Å²) in [6.07, 6.45) is 0.764. The molecular formula is C21H22FN3O4S. The number of hydrogen-bond acceptors (Lipinski definition) is 6. The van der Waals surface area contributed by atoms with E-state index in [0.717, 1.165) is 4.90 Å². The standard InChI is InChI=1S/C21H22FN3O4S/c1-11-13(7-6-8-14(11)22)16-15(19(26)27)12(2)24-17(18-23-9-10-30-18)25(16)20(28)29-21(3,4)5/h6-10,16H,1-5H3,(H,26,27)/t16-/m0/s1. The highest BCUT2D eigenvalue weighted by atomic mass is 32.1. The van der Waals surface area contributed by atoms with Crippen LogP contribution in [-0.2, 0) is 9.53 Å². The van der Waals surface area contributed by atoms with Crippen LogP contribution in [0.1, 0.15) is 49.9 Å². The molecular weight excluding hydrogens is 409 g/mol. The summed E-state index contributed by atoms with van der Waals surface area (Å²) in [4.78, 5) is 35.2. The molecule has 1 aromatic heterocycles. The number of amides is 1. The quantitative estimate of drug-likeness (QED) is 0.761. The van der Waals surface area contributed by atoms with Gasteiger partial charge in [0.05, 0.1) is 11.3 Å². The second-order valence-electron chi connectivity index (χ2n) is 7.78. The third kappa shape index (κ3) is 4.11. The highest BCUT2D eigenvalue weighted by molar-refractivity contribution is 7.11. The molecule has 0 spiro atoms. The van der Waals surface area contributed by atoms with Gasteiger partial charge in [-0.2, -0.15) is 0 Å². The van der Waals surface area contributed by atoms with Gasteiger partial charge in [-0.05, 0) is 51.8 Å². The molecule has 1 atom stereocenters. The molecule has 1 aliphatic heterocycles. The van der Waals surface area contributed by atoms with Crippen LogP contribution in [0.15, 0.2) is 46.0 Å². The maximum Gasteiger partial charge on any atom is 0.416 e. The van der Waals surface area contributed by atoms with Crippen molar-refractivity contribution in [1.82, 2.24) is 9.88 Å². The van der Waals surface area contributed by atoms with Crippen LogP contribution in [0.2, 0.25) is 0 Å². The Morgan fingerprint density at radius 3 is 2.53 bits per heavy atom. The molecule has 158 valence electrons. The molecule has 0 saturated heterocycles. The minimum absolute atomic E-state index is 0.130. The van der Waals surface area contributed by atoms with Gasteiger partial charge in [-0.15, -0.1) is 11.3 Å². The zero-order valence-corrected chi connectivity index (χ0v) is 18.1. The average molecular weight is 431 g/mol. The second kappa shape index (κ2) is 7.98. The number of aliphatic imine (C=N–C) groups is 1. The van der Waals surface area contributed by atoms with Gasteiger partial charge in [0.25, 0.3) is 0 Å². The largest absolute Gasteiger partial charge is 0.478 e. The zero-order chi connectivity index (χ0) is 22.2. The third-order valence-corrected chi connectivity index (χ3v) is 5.24. The SMILES string of the molecule is CC1=C(C(=O)O)[C@H](c2cccc(F)c2C)N(C(=O)OC(C)(C)C)C(c2nccs2)=N1. The fraction of sp³-hybridized carbons (Fsp3) is 0.333. The fourth-order valence-electron chi connectivity index (χ4n) is 3.20. The van der Waals surface area contributed by atoms with Gasteiger partial charge in [0.15, 0.2) is 10.8 Å². The number of aliphatic carboxylic acids is 1. The third-order valence-electron chi connectivity index (χ3n) is 4.47. The average Bonchev–Trinajstić information content (AvgIpc) is 3.15. The maximum absolute atomic E-state index is 14.4. The first-order chi connectivity index (χ1) is 14.0. The molecule has 2 aromatic rings. The van der Waals surface area contributed by atoms with Crippen LogP contribution < -0.4 is 0 Å². The van der Waals surface area contributed by atoms with Gasteiger partial charge in [-0.25, -0.2) is 28.9 Å². The number of carbonyl (C=O) groups excluding carboxylic acids is 1. The van der Waals surface area contributed by atoms with Crippen molar-refractivity contribution < 1.29 is 23.8 Å². The van der Waals surface area contributed by atoms with Gasteiger partial charge >= 0.3 is 12.1 Å². The molecule has 2 heterocycles. The zero-order valence-electron chi connectivity index (χ0n) is 17.3. The summed E-state index contributed by atoms with van der Waals surface area (Å²) in [5, 5.41) is 12.1. The summed E-state index contributed by atoms with van der Waals surface area (Å²) in [5.41, 5.74) is -0.188. The van der Waals surface area contributed by atoms with E-state index in [1.807, 2.05) is 0 Å². The molecule has 0 fully saturated rings. The van der Waals surface area contributed by atoms with Crippen molar-refractivity contribution in [1.29, 1.82) is 0 Å². The normalized spacial score (nSPS) is 17.1. The first-order valence-corrected chi connectivity index (χ1v) is 10.1. The molecule has 9 heteroatoms. The number of allylic oxidation sites excluding steroid dienone is 1. The number of nitrogens with zero attached hydrogens (tertiary/aromatic N) is 3. The minimum Gasteiger partial charge on any atom is -0.478 e. The van der Waals surface area contributed by atoms with Crippen molar-refractivity contribution in [3.05, 3.63) is 63.0 Å². The summed E-state index contributed by atoms with van der Waals surface area (Å²) in [7, 11) is 0. The molecule has 0 radical (unpaired) electrons. The summed E-state index contributed by atoms with van der Waals surface area (Å²) in [6, 6.07) is 3.23. The van der Waals surface area contributed by atoms with Gasteiger partial charge in [-0.1, -0.05) is 12.1 Å². The van der Waals surface area contributed by atoms with Crippen molar-refractivity contribution in [2.45, 2.75) is 46.3 Å². The van der Waals surface area contributed by atoms with Gasteiger partial charge in [0.1, 0.15) is 17.5 Å². The number of rotatable bonds is 3. The molecule has 3 rings (SSSR count). The van der Waals surface area contributed by atoms with E-state index in [4.69, 9.17) is 4.74 Å². The number of carboxylic acid groups (broad SMARTS) is 1. The Morgan fingerprint density at radius 2 is 1.97 bits per heavy atom. The molecule has 7 nitrogen and oxygen atoms in total. The predicted octanol–water partition coefficient (Wildman–Crippen LogP) is 4.69. The van der Waals surface area contributed by atoms with Crippen molar-refractivity contribution in [2.75, 3.05) is 0 Å². The van der Waals surface area contributed by atoms with E-state index >= 15 is 0 Å². The lowest BCUT2D eigenvalue weighted by atomic mass is 9.91. The van der Waals surface area contributed by atoms with Crippen LogP contribution in [-0.4, -0.2) is 38.5 Å². The number of ether oxygens (including phenoxy) is 1. The molecule has 1 aromatic carbocycles. The Kier molecular flexibility index (Phi) is 5.76. The van der Waals surface area contributed by atoms with Crippen LogP contribution in [0.3, 0.4) is 0 Å². The summed E-state index contributed by atoms with van der Waals surface area (Å²) in [6.45, 7) is 8.21. The van der Waals surface area contributed by atoms with E-state index in [1.54, 1.807) is 52.3 Å². The molecule has 30 heavy (non-hydrogen) atoms. The van der Waals surface area contributed by atoms with Crippen LogP contribution in [0.5, 0.6) is 0 Å². The summed E-state index contributed by atoms with van der Waals surface area (Å²) >= 11 is 1.25. The second-order valence-corrected chi connectivity index (χ2v) is 8.68. The molecule has 0 unspecified atom stereocenters. The Bertz CT molecular complexity index is 1050. The number of thiazole rings is 1.